The predicted molar refractivity (Wildman–Crippen MR) is 128 cm³/mol. The van der Waals surface area contributed by atoms with Gasteiger partial charge in [0.25, 0.3) is 0 Å². The first-order valence-corrected chi connectivity index (χ1v) is 12.5. The largest absolute Gasteiger partial charge is 0.292 e. The van der Waals surface area contributed by atoms with Gasteiger partial charge in [0.15, 0.2) is 0 Å². The molecule has 162 valence electrons. The zero-order chi connectivity index (χ0) is 22.0. The Morgan fingerprint density at radius 3 is 2.00 bits per heavy atom. The summed E-state index contributed by atoms with van der Waals surface area (Å²) in [5, 5.41) is 1.38. The van der Waals surface area contributed by atoms with Gasteiger partial charge in [-0.25, -0.2) is 8.42 Å². The van der Waals surface area contributed by atoms with Gasteiger partial charge in [-0.15, -0.1) is 0 Å². The molecule has 1 N–H and O–H groups in total. The molecule has 3 aromatic rings. The van der Waals surface area contributed by atoms with Crippen LogP contribution in [0.3, 0.4) is 0 Å². The lowest BCUT2D eigenvalue weighted by Gasteiger charge is -2.44. The van der Waals surface area contributed by atoms with E-state index in [4.69, 9.17) is 23.2 Å². The third kappa shape index (κ3) is 5.60. The minimum atomic E-state index is -3.41. The summed E-state index contributed by atoms with van der Waals surface area (Å²) in [5.41, 5.74) is 3.86. The van der Waals surface area contributed by atoms with E-state index in [1.165, 1.54) is 0 Å². The maximum absolute atomic E-state index is 12.6. The Morgan fingerprint density at radius 2 is 1.48 bits per heavy atom. The third-order valence-electron chi connectivity index (χ3n) is 5.47. The van der Waals surface area contributed by atoms with Gasteiger partial charge in [0.1, 0.15) is 0 Å². The molecule has 1 fully saturated rings. The smallest absolute Gasteiger partial charge is 0.233 e. The Morgan fingerprint density at radius 1 is 0.935 bits per heavy atom. The van der Waals surface area contributed by atoms with Crippen LogP contribution in [0.15, 0.2) is 72.8 Å². The van der Waals surface area contributed by atoms with Gasteiger partial charge in [0, 0.05) is 34.7 Å². The highest BCUT2D eigenvalue weighted by molar-refractivity contribution is 7.92. The number of nitrogens with one attached hydrogen (secondary N) is 1. The van der Waals surface area contributed by atoms with E-state index in [2.05, 4.69) is 9.62 Å². The lowest BCUT2D eigenvalue weighted by atomic mass is 9.91. The molecule has 1 heterocycles. The molecule has 31 heavy (non-hydrogen) atoms. The summed E-state index contributed by atoms with van der Waals surface area (Å²) < 4.78 is 28.0. The Labute approximate surface area is 193 Å². The molecule has 0 unspecified atom stereocenters. The monoisotopic (exact) mass is 474 g/mol. The summed E-state index contributed by atoms with van der Waals surface area (Å²) in [6.07, 6.45) is 0. The van der Waals surface area contributed by atoms with Gasteiger partial charge in [-0.2, -0.15) is 0 Å². The summed E-state index contributed by atoms with van der Waals surface area (Å²) in [6, 6.07) is 23.0. The fourth-order valence-corrected chi connectivity index (χ4v) is 5.72. The second kappa shape index (κ2) is 9.21. The van der Waals surface area contributed by atoms with Gasteiger partial charge in [0.05, 0.1) is 11.8 Å². The van der Waals surface area contributed by atoms with Crippen molar-refractivity contribution in [1.29, 1.82) is 0 Å². The SMILES string of the molecule is Cc1cccc(NS(=O)(=O)CC2CN(C(c3ccc(Cl)cc3)c3ccc(Cl)cc3)C2)c1. The van der Waals surface area contributed by atoms with Crippen LogP contribution in [0, 0.1) is 12.8 Å². The second-order valence-corrected chi connectivity index (χ2v) is 10.7. The highest BCUT2D eigenvalue weighted by Gasteiger charge is 2.36. The molecule has 1 saturated heterocycles. The summed E-state index contributed by atoms with van der Waals surface area (Å²) >= 11 is 12.2. The molecular weight excluding hydrogens is 451 g/mol. The van der Waals surface area contributed by atoms with Gasteiger partial charge in [-0.3, -0.25) is 9.62 Å². The number of hydrogen-bond acceptors (Lipinski definition) is 3. The van der Waals surface area contributed by atoms with Crippen LogP contribution in [-0.2, 0) is 10.0 Å². The molecule has 0 saturated carbocycles. The molecule has 0 spiro atoms. The maximum Gasteiger partial charge on any atom is 0.233 e. The molecule has 4 rings (SSSR count). The normalized spacial score (nSPS) is 15.1. The fraction of sp³-hybridized carbons (Fsp3) is 0.250. The molecule has 0 bridgehead atoms. The number of rotatable bonds is 7. The second-order valence-electron chi connectivity index (χ2n) is 8.08. The molecule has 3 aromatic carbocycles. The molecule has 0 amide bonds. The van der Waals surface area contributed by atoms with Crippen molar-refractivity contribution in [2.45, 2.75) is 13.0 Å². The summed E-state index contributed by atoms with van der Waals surface area (Å²) in [7, 11) is -3.41. The van der Waals surface area contributed by atoms with Crippen molar-refractivity contribution in [2.75, 3.05) is 23.6 Å². The van der Waals surface area contributed by atoms with Gasteiger partial charge in [-0.05, 0) is 60.0 Å². The van der Waals surface area contributed by atoms with Crippen LogP contribution in [-0.4, -0.2) is 32.2 Å². The van der Waals surface area contributed by atoms with Crippen molar-refractivity contribution in [2.24, 2.45) is 5.92 Å². The maximum atomic E-state index is 12.6. The van der Waals surface area contributed by atoms with Crippen molar-refractivity contribution in [3.63, 3.8) is 0 Å². The lowest BCUT2D eigenvalue weighted by Crippen LogP contribution is -2.51. The van der Waals surface area contributed by atoms with E-state index in [1.54, 1.807) is 6.07 Å². The quantitative estimate of drug-likeness (QED) is 0.473. The van der Waals surface area contributed by atoms with Crippen LogP contribution < -0.4 is 4.72 Å². The van der Waals surface area contributed by atoms with Gasteiger partial charge < -0.3 is 0 Å². The molecule has 0 aliphatic carbocycles. The number of halogens is 2. The molecule has 0 atom stereocenters. The van der Waals surface area contributed by atoms with Crippen LogP contribution >= 0.6 is 23.2 Å². The molecule has 1 aliphatic rings. The van der Waals surface area contributed by atoms with E-state index in [0.29, 0.717) is 28.8 Å². The van der Waals surface area contributed by atoms with Gasteiger partial charge >= 0.3 is 0 Å². The molecule has 1 aliphatic heterocycles. The van der Waals surface area contributed by atoms with E-state index < -0.39 is 10.0 Å². The van der Waals surface area contributed by atoms with Crippen LogP contribution in [0.25, 0.3) is 0 Å². The van der Waals surface area contributed by atoms with E-state index in [9.17, 15) is 8.42 Å². The number of hydrogen-bond donors (Lipinski definition) is 1. The van der Waals surface area contributed by atoms with Crippen LogP contribution in [0.1, 0.15) is 22.7 Å². The van der Waals surface area contributed by atoms with Crippen molar-refractivity contribution < 1.29 is 8.42 Å². The number of benzene rings is 3. The Balaban J connectivity index is 1.46. The Hall–Kier alpha value is -2.05. The van der Waals surface area contributed by atoms with Crippen molar-refractivity contribution in [1.82, 2.24) is 4.90 Å². The number of aryl methyl sites for hydroxylation is 1. The molecule has 4 nitrogen and oxygen atoms in total. The first-order chi connectivity index (χ1) is 14.8. The molecular formula is C24H24Cl2N2O2S. The minimum Gasteiger partial charge on any atom is -0.292 e. The van der Waals surface area contributed by atoms with E-state index in [1.807, 2.05) is 73.7 Å². The van der Waals surface area contributed by atoms with Crippen molar-refractivity contribution in [3.05, 3.63) is 99.5 Å². The summed E-state index contributed by atoms with van der Waals surface area (Å²) in [5.74, 6) is 0.176. The topological polar surface area (TPSA) is 49.4 Å². The predicted octanol–water partition coefficient (Wildman–Crippen LogP) is 5.76. The Bertz CT molecular complexity index is 1100. The molecule has 0 radical (unpaired) electrons. The summed E-state index contributed by atoms with van der Waals surface area (Å²) in [6.45, 7) is 3.34. The first kappa shape index (κ1) is 22.2. The third-order valence-corrected chi connectivity index (χ3v) is 7.43. The minimum absolute atomic E-state index is 0.0261. The first-order valence-electron chi connectivity index (χ1n) is 10.1. The van der Waals surface area contributed by atoms with Crippen LogP contribution in [0.5, 0.6) is 0 Å². The van der Waals surface area contributed by atoms with Crippen LogP contribution in [0.4, 0.5) is 5.69 Å². The molecule has 0 aromatic heterocycles. The lowest BCUT2D eigenvalue weighted by molar-refractivity contribution is 0.0813. The number of anilines is 1. The average molecular weight is 475 g/mol. The van der Waals surface area contributed by atoms with Crippen LogP contribution in [0.2, 0.25) is 10.0 Å². The average Bonchev–Trinajstić information content (AvgIpc) is 2.68. The standard InChI is InChI=1S/C24H24Cl2N2O2S/c1-17-3-2-4-23(13-17)27-31(29,30)16-18-14-28(15-18)24(19-5-9-21(25)10-6-19)20-7-11-22(26)12-8-20/h2-13,18,24,27H,14-16H2,1H3. The zero-order valence-electron chi connectivity index (χ0n) is 17.1. The van der Waals surface area contributed by atoms with Gasteiger partial charge in [-0.1, -0.05) is 59.6 Å². The van der Waals surface area contributed by atoms with Crippen molar-refractivity contribution >= 4 is 38.9 Å². The van der Waals surface area contributed by atoms with E-state index >= 15 is 0 Å². The Kier molecular flexibility index (Phi) is 6.58. The fourth-order valence-electron chi connectivity index (χ4n) is 4.07. The highest BCUT2D eigenvalue weighted by Crippen LogP contribution is 2.35. The number of sulfonamides is 1. The van der Waals surface area contributed by atoms with Gasteiger partial charge in [0.2, 0.25) is 10.0 Å². The number of nitrogens with zero attached hydrogens (tertiary/aromatic N) is 1. The highest BCUT2D eigenvalue weighted by atomic mass is 35.5. The van der Waals surface area contributed by atoms with E-state index in [-0.39, 0.29) is 17.7 Å². The molecule has 7 heteroatoms. The van der Waals surface area contributed by atoms with Crippen molar-refractivity contribution in [3.8, 4) is 0 Å². The van der Waals surface area contributed by atoms with E-state index in [0.717, 1.165) is 16.7 Å². The summed E-state index contributed by atoms with van der Waals surface area (Å²) in [4.78, 5) is 2.29. The number of likely N-dealkylation sites (tertiary alicyclic amines) is 1. The zero-order valence-corrected chi connectivity index (χ0v) is 19.5.